The number of imidazole rings is 1. The number of aliphatic hydroxyl groups is 1. The van der Waals surface area contributed by atoms with Gasteiger partial charge in [-0.2, -0.15) is 5.26 Å². The van der Waals surface area contributed by atoms with E-state index in [2.05, 4.69) is 16.0 Å². The van der Waals surface area contributed by atoms with Gasteiger partial charge >= 0.3 is 5.69 Å². The molecule has 43 heavy (non-hydrogen) atoms. The summed E-state index contributed by atoms with van der Waals surface area (Å²) in [6.07, 6.45) is 3.24. The SMILES string of the molecule is CC(C)(C=C(C#N)C(=O)N1CC[C@H]1Cn1c(=O)n(-c2ccc(Oc3ccccc3)cc2)c2c(N)ncnc21)N1CC(O)C1. The van der Waals surface area contributed by atoms with E-state index in [0.29, 0.717) is 54.4 Å². The summed E-state index contributed by atoms with van der Waals surface area (Å²) in [5.74, 6) is 1.07. The van der Waals surface area contributed by atoms with Crippen molar-refractivity contribution >= 4 is 22.9 Å². The van der Waals surface area contributed by atoms with Gasteiger partial charge in [0.25, 0.3) is 5.91 Å². The molecule has 0 spiro atoms. The van der Waals surface area contributed by atoms with E-state index in [1.807, 2.05) is 49.1 Å². The summed E-state index contributed by atoms with van der Waals surface area (Å²) in [7, 11) is 0. The number of aromatic nitrogens is 4. The third kappa shape index (κ3) is 5.24. The lowest BCUT2D eigenvalue weighted by Gasteiger charge is -2.46. The monoisotopic (exact) mass is 580 g/mol. The zero-order chi connectivity index (χ0) is 30.3. The highest BCUT2D eigenvalue weighted by molar-refractivity contribution is 5.98. The summed E-state index contributed by atoms with van der Waals surface area (Å²) in [4.78, 5) is 39.4. The number of hydrogen-bond donors (Lipinski definition) is 2. The van der Waals surface area contributed by atoms with Crippen molar-refractivity contribution in [3.63, 3.8) is 0 Å². The molecule has 0 radical (unpaired) electrons. The third-order valence-electron chi connectivity index (χ3n) is 8.13. The van der Waals surface area contributed by atoms with E-state index < -0.39 is 11.6 Å². The van der Waals surface area contributed by atoms with Crippen molar-refractivity contribution in [3.05, 3.63) is 83.1 Å². The Balaban J connectivity index is 1.27. The van der Waals surface area contributed by atoms with Crippen LogP contribution in [0.4, 0.5) is 5.82 Å². The molecule has 2 aliphatic heterocycles. The molecule has 6 rings (SSSR count). The fraction of sp³-hybridized carbons (Fsp3) is 0.323. The summed E-state index contributed by atoms with van der Waals surface area (Å²) in [6, 6.07) is 18.2. The van der Waals surface area contributed by atoms with Gasteiger partial charge in [0.05, 0.1) is 17.8 Å². The van der Waals surface area contributed by atoms with Gasteiger partial charge in [-0.15, -0.1) is 0 Å². The minimum atomic E-state index is -0.569. The van der Waals surface area contributed by atoms with Crippen LogP contribution >= 0.6 is 0 Å². The van der Waals surface area contributed by atoms with Crippen molar-refractivity contribution in [1.82, 2.24) is 28.9 Å². The summed E-state index contributed by atoms with van der Waals surface area (Å²) >= 11 is 0. The largest absolute Gasteiger partial charge is 0.457 e. The maximum Gasteiger partial charge on any atom is 0.335 e. The van der Waals surface area contributed by atoms with Gasteiger partial charge in [-0.3, -0.25) is 18.8 Å². The van der Waals surface area contributed by atoms with E-state index in [1.165, 1.54) is 15.5 Å². The molecule has 3 N–H and O–H groups in total. The molecule has 0 unspecified atom stereocenters. The fourth-order valence-corrected chi connectivity index (χ4v) is 5.57. The second kappa shape index (κ2) is 11.0. The maximum atomic E-state index is 13.9. The van der Waals surface area contributed by atoms with Gasteiger partial charge in [0.1, 0.15) is 35.0 Å². The van der Waals surface area contributed by atoms with Crippen LogP contribution in [0.3, 0.4) is 0 Å². The van der Waals surface area contributed by atoms with Crippen LogP contribution in [0.25, 0.3) is 16.9 Å². The molecule has 0 bridgehead atoms. The Morgan fingerprint density at radius 1 is 1.14 bits per heavy atom. The number of hydrogen-bond acceptors (Lipinski definition) is 9. The molecule has 2 aromatic carbocycles. The number of ether oxygens (including phenoxy) is 1. The number of likely N-dealkylation sites (tertiary alicyclic amines) is 2. The van der Waals surface area contributed by atoms with Gasteiger partial charge in [0.2, 0.25) is 0 Å². The lowest BCUT2D eigenvalue weighted by atomic mass is 9.93. The number of nitrogens with two attached hydrogens (primary N) is 1. The number of amides is 1. The van der Waals surface area contributed by atoms with Gasteiger partial charge in [-0.25, -0.2) is 14.8 Å². The van der Waals surface area contributed by atoms with Gasteiger partial charge in [0, 0.05) is 31.7 Å². The van der Waals surface area contributed by atoms with E-state index >= 15 is 0 Å². The van der Waals surface area contributed by atoms with Gasteiger partial charge in [-0.1, -0.05) is 18.2 Å². The number of β-amino-alcohol motifs (C(OH)–C–C–N with tert-alkyl or cyclic N) is 1. The molecule has 1 atom stereocenters. The highest BCUT2D eigenvalue weighted by Crippen LogP contribution is 2.29. The first-order chi connectivity index (χ1) is 20.7. The molecule has 0 saturated carbocycles. The molecule has 2 saturated heterocycles. The lowest BCUT2D eigenvalue weighted by Crippen LogP contribution is -2.59. The molecule has 4 heterocycles. The predicted octanol–water partition coefficient (Wildman–Crippen LogP) is 2.46. The van der Waals surface area contributed by atoms with Crippen LogP contribution in [0.1, 0.15) is 20.3 Å². The lowest BCUT2D eigenvalue weighted by molar-refractivity contribution is -0.134. The second-order valence-electron chi connectivity index (χ2n) is 11.4. The molecule has 2 aliphatic rings. The van der Waals surface area contributed by atoms with E-state index in [-0.39, 0.29) is 35.6 Å². The topological polar surface area (TPSA) is 156 Å². The molecule has 220 valence electrons. The van der Waals surface area contributed by atoms with E-state index in [4.69, 9.17) is 10.5 Å². The minimum Gasteiger partial charge on any atom is -0.457 e. The number of carbonyl (C=O) groups excluding carboxylic acids is 1. The van der Waals surface area contributed by atoms with Crippen molar-refractivity contribution in [2.75, 3.05) is 25.4 Å². The van der Waals surface area contributed by atoms with Crippen LogP contribution in [-0.4, -0.2) is 77.2 Å². The van der Waals surface area contributed by atoms with Crippen LogP contribution in [0.2, 0.25) is 0 Å². The van der Waals surface area contributed by atoms with Crippen molar-refractivity contribution < 1.29 is 14.6 Å². The molecular formula is C31H32N8O4. The third-order valence-corrected chi connectivity index (χ3v) is 8.13. The van der Waals surface area contributed by atoms with Crippen molar-refractivity contribution in [3.8, 4) is 23.3 Å². The van der Waals surface area contributed by atoms with E-state index in [1.54, 1.807) is 35.2 Å². The summed E-state index contributed by atoms with van der Waals surface area (Å²) in [6.45, 7) is 5.46. The molecule has 2 fully saturated rings. The molecule has 2 aromatic heterocycles. The summed E-state index contributed by atoms with van der Waals surface area (Å²) < 4.78 is 8.86. The normalized spacial score (nSPS) is 17.8. The Kier molecular flexibility index (Phi) is 7.21. The number of nitrogens with zero attached hydrogens (tertiary/aromatic N) is 7. The number of para-hydroxylation sites is 1. The number of nitriles is 1. The Morgan fingerprint density at radius 3 is 2.47 bits per heavy atom. The molecule has 4 aromatic rings. The van der Waals surface area contributed by atoms with Crippen LogP contribution in [0.5, 0.6) is 11.5 Å². The molecule has 12 heteroatoms. The molecule has 0 aliphatic carbocycles. The number of fused-ring (bicyclic) bond motifs is 1. The number of rotatable bonds is 8. The minimum absolute atomic E-state index is 0.0373. The maximum absolute atomic E-state index is 13.9. The quantitative estimate of drug-likeness (QED) is 0.236. The number of nitrogen functional groups attached to an aromatic ring is 1. The van der Waals surface area contributed by atoms with Gasteiger partial charge < -0.3 is 20.5 Å². The van der Waals surface area contributed by atoms with Crippen LogP contribution < -0.4 is 16.2 Å². The van der Waals surface area contributed by atoms with Crippen molar-refractivity contribution in [2.45, 2.75) is 44.5 Å². The summed E-state index contributed by atoms with van der Waals surface area (Å²) in [5.41, 5.74) is 6.64. The first kappa shape index (κ1) is 28.1. The number of carbonyl (C=O) groups is 1. The predicted molar refractivity (Wildman–Crippen MR) is 160 cm³/mol. The van der Waals surface area contributed by atoms with Crippen LogP contribution in [-0.2, 0) is 11.3 Å². The molecule has 1 amide bonds. The van der Waals surface area contributed by atoms with Crippen LogP contribution in [0, 0.1) is 11.3 Å². The van der Waals surface area contributed by atoms with Gasteiger partial charge in [0.15, 0.2) is 11.5 Å². The highest BCUT2D eigenvalue weighted by Gasteiger charge is 2.39. The average molecular weight is 581 g/mol. The van der Waals surface area contributed by atoms with E-state index in [0.717, 1.165) is 0 Å². The highest BCUT2D eigenvalue weighted by atomic mass is 16.5. The standard InChI is InChI=1S/C31H32N8O4/c1-31(2,36-17-23(40)18-36)14-20(15-32)29(41)37-13-12-22(37)16-38-28-26(27(33)34-19-35-28)39(30(38)42)21-8-10-25(11-9-21)43-24-6-4-3-5-7-24/h3-11,14,19,22-23,40H,12-13,16-18H2,1-2H3,(H2,33,34,35)/t22-/m0/s1. The van der Waals surface area contributed by atoms with Gasteiger partial charge in [-0.05, 0) is 62.7 Å². The zero-order valence-corrected chi connectivity index (χ0v) is 23.9. The number of benzene rings is 2. The average Bonchev–Trinajstić information content (AvgIpc) is 3.25. The van der Waals surface area contributed by atoms with E-state index in [9.17, 15) is 20.0 Å². The Hall–Kier alpha value is -4.99. The Morgan fingerprint density at radius 2 is 1.84 bits per heavy atom. The molecule has 12 nitrogen and oxygen atoms in total. The fourth-order valence-electron chi connectivity index (χ4n) is 5.57. The Labute approximate surface area is 247 Å². The number of aliphatic hydroxyl groups excluding tert-OH is 1. The first-order valence-electron chi connectivity index (χ1n) is 14.1. The first-order valence-corrected chi connectivity index (χ1v) is 14.1. The summed E-state index contributed by atoms with van der Waals surface area (Å²) in [5, 5.41) is 19.5. The van der Waals surface area contributed by atoms with Crippen LogP contribution in [0.15, 0.2) is 77.4 Å². The van der Waals surface area contributed by atoms with Crippen molar-refractivity contribution in [1.29, 1.82) is 5.26 Å². The second-order valence-corrected chi connectivity index (χ2v) is 11.4. The van der Waals surface area contributed by atoms with Crippen molar-refractivity contribution in [2.24, 2.45) is 0 Å². The number of anilines is 1. The zero-order valence-electron chi connectivity index (χ0n) is 23.9. The molecular weight excluding hydrogens is 548 g/mol. The Bertz CT molecular complexity index is 1800. The smallest absolute Gasteiger partial charge is 0.335 e.